The maximum absolute atomic E-state index is 12.7. The van der Waals surface area contributed by atoms with Gasteiger partial charge in [0.05, 0.1) is 5.56 Å². The summed E-state index contributed by atoms with van der Waals surface area (Å²) in [7, 11) is 0. The van der Waals surface area contributed by atoms with Crippen molar-refractivity contribution in [2.45, 2.75) is 25.4 Å². The Labute approximate surface area is 161 Å². The monoisotopic (exact) mass is 415 g/mol. The van der Waals surface area contributed by atoms with Gasteiger partial charge in [-0.05, 0) is 42.7 Å². The average molecular weight is 416 g/mol. The molecule has 10 heteroatoms. The summed E-state index contributed by atoms with van der Waals surface area (Å²) in [6, 6.07) is 6.24. The van der Waals surface area contributed by atoms with Crippen LogP contribution in [0.5, 0.6) is 0 Å². The van der Waals surface area contributed by atoms with Crippen molar-refractivity contribution in [2.75, 3.05) is 10.6 Å². The van der Waals surface area contributed by atoms with Crippen molar-refractivity contribution < 1.29 is 22.8 Å². The van der Waals surface area contributed by atoms with Gasteiger partial charge in [-0.2, -0.15) is 13.2 Å². The van der Waals surface area contributed by atoms with Crippen LogP contribution >= 0.6 is 22.9 Å². The molecule has 2 aromatic rings. The number of amides is 2. The molecule has 0 saturated heterocycles. The van der Waals surface area contributed by atoms with E-state index in [0.29, 0.717) is 39.7 Å². The molecule has 0 aliphatic heterocycles. The molecule has 5 nitrogen and oxygen atoms in total. The molecule has 1 aromatic heterocycles. The number of halogens is 4. The van der Waals surface area contributed by atoms with Crippen molar-refractivity contribution in [2.24, 2.45) is 0 Å². The maximum Gasteiger partial charge on any atom is 0.471 e. The highest BCUT2D eigenvalue weighted by Gasteiger charge is 2.40. The number of benzene rings is 1. The van der Waals surface area contributed by atoms with Crippen LogP contribution in [0.2, 0.25) is 5.02 Å². The van der Waals surface area contributed by atoms with Gasteiger partial charge in [-0.25, -0.2) is 0 Å². The summed E-state index contributed by atoms with van der Waals surface area (Å²) in [6.45, 7) is 0. The number of hydrogen-bond donors (Lipinski definition) is 3. The van der Waals surface area contributed by atoms with E-state index in [1.165, 1.54) is 0 Å². The van der Waals surface area contributed by atoms with Crippen LogP contribution in [0.25, 0.3) is 0 Å². The quantitative estimate of drug-likeness (QED) is 0.681. The Bertz CT molecular complexity index is 923. The van der Waals surface area contributed by atoms with Gasteiger partial charge in [0.1, 0.15) is 5.00 Å². The van der Waals surface area contributed by atoms with Crippen LogP contribution in [0.1, 0.15) is 27.2 Å². The van der Waals surface area contributed by atoms with E-state index in [2.05, 4.69) is 5.32 Å². The topological polar surface area (TPSA) is 82.1 Å². The summed E-state index contributed by atoms with van der Waals surface area (Å²) < 4.78 is 37.9. The van der Waals surface area contributed by atoms with E-state index < -0.39 is 18.0 Å². The van der Waals surface area contributed by atoms with Crippen LogP contribution in [-0.4, -0.2) is 23.7 Å². The number of anilines is 2. The van der Waals surface area contributed by atoms with Gasteiger partial charge in [0, 0.05) is 27.7 Å². The highest BCUT2D eigenvalue weighted by molar-refractivity contribution is 7.17. The average Bonchev–Trinajstić information content (AvgIpc) is 2.93. The number of alkyl halides is 3. The molecule has 0 bridgehead atoms. The Morgan fingerprint density at radius 1 is 1.11 bits per heavy atom. The molecule has 0 spiro atoms. The highest BCUT2D eigenvalue weighted by Crippen LogP contribution is 2.38. The van der Waals surface area contributed by atoms with E-state index in [1.54, 1.807) is 29.6 Å². The van der Waals surface area contributed by atoms with Crippen molar-refractivity contribution in [3.05, 3.63) is 45.3 Å². The van der Waals surface area contributed by atoms with Crippen molar-refractivity contribution in [1.29, 1.82) is 5.41 Å². The first-order chi connectivity index (χ1) is 12.6. The molecule has 1 heterocycles. The van der Waals surface area contributed by atoms with Crippen molar-refractivity contribution in [3.8, 4) is 0 Å². The van der Waals surface area contributed by atoms with Gasteiger partial charge in [-0.15, -0.1) is 11.3 Å². The van der Waals surface area contributed by atoms with Gasteiger partial charge >= 0.3 is 12.1 Å². The smallest absolute Gasteiger partial charge is 0.322 e. The van der Waals surface area contributed by atoms with Crippen LogP contribution in [0.15, 0.2) is 24.3 Å². The Morgan fingerprint density at radius 3 is 2.41 bits per heavy atom. The third-order valence-corrected chi connectivity index (χ3v) is 5.35. The van der Waals surface area contributed by atoms with Gasteiger partial charge in [-0.3, -0.25) is 9.59 Å². The highest BCUT2D eigenvalue weighted by atomic mass is 35.5. The summed E-state index contributed by atoms with van der Waals surface area (Å²) in [5.41, 5.74) is 1.43. The summed E-state index contributed by atoms with van der Waals surface area (Å²) in [6.07, 6.45) is -4.04. The Hall–Kier alpha value is -2.39. The molecular formula is C17H13ClF3N3O2S. The maximum atomic E-state index is 12.7. The molecule has 0 unspecified atom stereocenters. The first-order valence-electron chi connectivity index (χ1n) is 7.81. The summed E-state index contributed by atoms with van der Waals surface area (Å²) in [5.74, 6) is -2.77. The SMILES string of the molecule is N=C1CCc2c(sc(NC(=O)C(F)(F)F)c2C(=O)Nc2ccc(Cl)cc2)C1. The first-order valence-corrected chi connectivity index (χ1v) is 9.00. The van der Waals surface area contributed by atoms with Gasteiger partial charge in [0.25, 0.3) is 5.91 Å². The fourth-order valence-corrected chi connectivity index (χ4v) is 4.11. The molecule has 27 heavy (non-hydrogen) atoms. The van der Waals surface area contributed by atoms with Crippen LogP contribution in [0.3, 0.4) is 0 Å². The molecule has 0 atom stereocenters. The van der Waals surface area contributed by atoms with Gasteiger partial charge in [-0.1, -0.05) is 11.6 Å². The van der Waals surface area contributed by atoms with Crippen LogP contribution in [-0.2, 0) is 17.6 Å². The molecule has 1 aliphatic rings. The lowest BCUT2D eigenvalue weighted by Crippen LogP contribution is -2.30. The number of thiophene rings is 1. The second kappa shape index (κ2) is 7.32. The van der Waals surface area contributed by atoms with Gasteiger partial charge < -0.3 is 16.0 Å². The lowest BCUT2D eigenvalue weighted by atomic mass is 9.93. The van der Waals surface area contributed by atoms with Crippen molar-refractivity contribution >= 4 is 51.2 Å². The van der Waals surface area contributed by atoms with Crippen molar-refractivity contribution in [1.82, 2.24) is 0 Å². The van der Waals surface area contributed by atoms with Crippen LogP contribution in [0, 0.1) is 5.41 Å². The van der Waals surface area contributed by atoms with Crippen molar-refractivity contribution in [3.63, 3.8) is 0 Å². The third kappa shape index (κ3) is 4.30. The van der Waals surface area contributed by atoms with E-state index in [4.69, 9.17) is 17.0 Å². The summed E-state index contributed by atoms with van der Waals surface area (Å²) >= 11 is 6.69. The second-order valence-electron chi connectivity index (χ2n) is 5.90. The number of fused-ring (bicyclic) bond motifs is 1. The summed E-state index contributed by atoms with van der Waals surface area (Å²) in [5, 5.41) is 12.5. The zero-order chi connectivity index (χ0) is 19.8. The predicted octanol–water partition coefficient (Wildman–Crippen LogP) is 4.66. The number of hydrogen-bond acceptors (Lipinski definition) is 4. The Kier molecular flexibility index (Phi) is 5.25. The Balaban J connectivity index is 1.96. The summed E-state index contributed by atoms with van der Waals surface area (Å²) in [4.78, 5) is 24.7. The molecule has 3 N–H and O–H groups in total. The zero-order valence-electron chi connectivity index (χ0n) is 13.7. The largest absolute Gasteiger partial charge is 0.471 e. The third-order valence-electron chi connectivity index (χ3n) is 3.96. The number of nitrogens with one attached hydrogen (secondary N) is 3. The Morgan fingerprint density at radius 2 is 1.78 bits per heavy atom. The minimum absolute atomic E-state index is 0.00931. The molecule has 2 amide bonds. The van der Waals surface area contributed by atoms with E-state index in [9.17, 15) is 22.8 Å². The van der Waals surface area contributed by atoms with E-state index in [-0.39, 0.29) is 17.0 Å². The predicted molar refractivity (Wildman–Crippen MR) is 98.2 cm³/mol. The fraction of sp³-hybridized carbons (Fsp3) is 0.235. The van der Waals surface area contributed by atoms with E-state index in [0.717, 1.165) is 11.3 Å². The van der Waals surface area contributed by atoms with E-state index in [1.807, 2.05) is 0 Å². The lowest BCUT2D eigenvalue weighted by Gasteiger charge is -2.14. The standard InChI is InChI=1S/C17H13ClF3N3O2S/c18-8-1-4-10(5-2-8)23-14(25)13-11-6-3-9(22)7-12(11)27-15(13)24-16(26)17(19,20)21/h1-2,4-5,22H,3,6-7H2,(H,23,25)(H,24,26). The lowest BCUT2D eigenvalue weighted by molar-refractivity contribution is -0.167. The molecule has 142 valence electrons. The minimum Gasteiger partial charge on any atom is -0.322 e. The van der Waals surface area contributed by atoms with Gasteiger partial charge in [0.15, 0.2) is 0 Å². The normalized spacial score (nSPS) is 13.9. The number of rotatable bonds is 3. The zero-order valence-corrected chi connectivity index (χ0v) is 15.2. The van der Waals surface area contributed by atoms with E-state index >= 15 is 0 Å². The molecule has 0 saturated carbocycles. The van der Waals surface area contributed by atoms with Gasteiger partial charge in [0.2, 0.25) is 0 Å². The molecular weight excluding hydrogens is 403 g/mol. The van der Waals surface area contributed by atoms with Crippen LogP contribution < -0.4 is 10.6 Å². The molecule has 0 fully saturated rings. The van der Waals surface area contributed by atoms with Crippen LogP contribution in [0.4, 0.5) is 23.9 Å². The fourth-order valence-electron chi connectivity index (χ4n) is 2.71. The molecule has 1 aliphatic carbocycles. The minimum atomic E-state index is -5.07. The number of carbonyl (C=O) groups excluding carboxylic acids is 2. The first kappa shape index (κ1) is 19.4. The molecule has 1 aromatic carbocycles. The second-order valence-corrected chi connectivity index (χ2v) is 7.44. The number of carbonyl (C=O) groups is 2. The molecule has 3 rings (SSSR count). The molecule has 0 radical (unpaired) electrons.